The predicted octanol–water partition coefficient (Wildman–Crippen LogP) is 0.797. The number of amides is 1. The molecule has 1 heterocycles. The van der Waals surface area contributed by atoms with Gasteiger partial charge in [-0.15, -0.1) is 0 Å². The van der Waals surface area contributed by atoms with Crippen molar-refractivity contribution in [3.8, 4) is 0 Å². The van der Waals surface area contributed by atoms with E-state index in [1.54, 1.807) is 6.92 Å². The Morgan fingerprint density at radius 3 is 2.93 bits per heavy atom. The molecule has 1 amide bonds. The summed E-state index contributed by atoms with van der Waals surface area (Å²) in [6.07, 6.45) is 2.89. The van der Waals surface area contributed by atoms with Crippen molar-refractivity contribution in [1.29, 1.82) is 0 Å². The molecular formula is C11H22N2O2. The lowest BCUT2D eigenvalue weighted by atomic mass is 9.89. The number of nitrogens with two attached hydrogens (primary N) is 1. The fourth-order valence-corrected chi connectivity index (χ4v) is 1.95. The number of hydrogen-bond donors (Lipinski definition) is 2. The molecule has 3 unspecified atom stereocenters. The summed E-state index contributed by atoms with van der Waals surface area (Å²) >= 11 is 0. The first kappa shape index (κ1) is 12.5. The maximum absolute atomic E-state index is 10.9. The van der Waals surface area contributed by atoms with Gasteiger partial charge in [0.2, 0.25) is 5.91 Å². The van der Waals surface area contributed by atoms with Gasteiger partial charge in [-0.2, -0.15) is 0 Å². The molecule has 1 saturated heterocycles. The van der Waals surface area contributed by atoms with Crippen LogP contribution in [0.15, 0.2) is 0 Å². The highest BCUT2D eigenvalue weighted by molar-refractivity contribution is 5.79. The zero-order chi connectivity index (χ0) is 11.5. The minimum Gasteiger partial charge on any atom is -0.375 e. The Balaban J connectivity index is 2.46. The molecule has 3 atom stereocenters. The monoisotopic (exact) mass is 214 g/mol. The molecule has 4 heteroatoms. The van der Waals surface area contributed by atoms with Crippen molar-refractivity contribution >= 4 is 5.91 Å². The second kappa shape index (κ2) is 4.94. The van der Waals surface area contributed by atoms with Gasteiger partial charge in [-0.05, 0) is 33.1 Å². The van der Waals surface area contributed by atoms with Crippen molar-refractivity contribution in [2.75, 3.05) is 6.61 Å². The van der Waals surface area contributed by atoms with Crippen molar-refractivity contribution in [3.63, 3.8) is 0 Å². The summed E-state index contributed by atoms with van der Waals surface area (Å²) < 4.78 is 5.73. The molecule has 15 heavy (non-hydrogen) atoms. The first-order valence-electron chi connectivity index (χ1n) is 5.66. The van der Waals surface area contributed by atoms with Gasteiger partial charge in [0.1, 0.15) is 0 Å². The van der Waals surface area contributed by atoms with Crippen LogP contribution in [0.5, 0.6) is 0 Å². The fraction of sp³-hybridized carbons (Fsp3) is 0.909. The van der Waals surface area contributed by atoms with Gasteiger partial charge in [0.15, 0.2) is 0 Å². The van der Waals surface area contributed by atoms with Crippen LogP contribution in [0.25, 0.3) is 0 Å². The second-order valence-electron chi connectivity index (χ2n) is 4.63. The number of hydrogen-bond acceptors (Lipinski definition) is 3. The lowest BCUT2D eigenvalue weighted by Gasteiger charge is -2.38. The van der Waals surface area contributed by atoms with Crippen LogP contribution in [0.2, 0.25) is 0 Å². The van der Waals surface area contributed by atoms with Gasteiger partial charge in [-0.1, -0.05) is 6.92 Å². The van der Waals surface area contributed by atoms with Gasteiger partial charge in [-0.3, -0.25) is 4.79 Å². The summed E-state index contributed by atoms with van der Waals surface area (Å²) in [7, 11) is 0. The summed E-state index contributed by atoms with van der Waals surface area (Å²) in [6.45, 7) is 6.81. The average molecular weight is 214 g/mol. The highest BCUT2D eigenvalue weighted by atomic mass is 16.5. The molecule has 0 bridgehead atoms. The summed E-state index contributed by atoms with van der Waals surface area (Å²) in [5.74, 6) is -0.292. The van der Waals surface area contributed by atoms with Gasteiger partial charge in [-0.25, -0.2) is 0 Å². The normalized spacial score (nSPS) is 33.7. The van der Waals surface area contributed by atoms with Crippen LogP contribution in [0.3, 0.4) is 0 Å². The van der Waals surface area contributed by atoms with Crippen molar-refractivity contribution in [2.24, 2.45) is 5.73 Å². The van der Waals surface area contributed by atoms with Gasteiger partial charge in [0.05, 0.1) is 11.6 Å². The molecule has 1 aliphatic rings. The van der Waals surface area contributed by atoms with E-state index < -0.39 is 0 Å². The SMILES string of the molecule is CCC1(C)CC(NC(C)C(N)=O)CCO1. The van der Waals surface area contributed by atoms with Crippen molar-refractivity contribution in [2.45, 2.75) is 57.7 Å². The van der Waals surface area contributed by atoms with Crippen LogP contribution in [-0.4, -0.2) is 30.2 Å². The summed E-state index contributed by atoms with van der Waals surface area (Å²) in [4.78, 5) is 10.9. The first-order valence-corrected chi connectivity index (χ1v) is 5.66. The zero-order valence-electron chi connectivity index (χ0n) is 9.88. The topological polar surface area (TPSA) is 64.3 Å². The molecule has 0 aromatic heterocycles. The molecule has 1 fully saturated rings. The smallest absolute Gasteiger partial charge is 0.234 e. The van der Waals surface area contributed by atoms with Crippen molar-refractivity contribution in [1.82, 2.24) is 5.32 Å². The lowest BCUT2D eigenvalue weighted by Crippen LogP contribution is -2.50. The molecule has 1 rings (SSSR count). The van der Waals surface area contributed by atoms with E-state index in [9.17, 15) is 4.79 Å². The van der Waals surface area contributed by atoms with Gasteiger partial charge >= 0.3 is 0 Å². The van der Waals surface area contributed by atoms with Crippen LogP contribution in [0, 0.1) is 0 Å². The Hall–Kier alpha value is -0.610. The molecule has 3 N–H and O–H groups in total. The Bertz CT molecular complexity index is 233. The number of carbonyl (C=O) groups is 1. The van der Waals surface area contributed by atoms with Crippen LogP contribution < -0.4 is 11.1 Å². The summed E-state index contributed by atoms with van der Waals surface area (Å²) in [5, 5.41) is 3.25. The Labute approximate surface area is 91.5 Å². The quantitative estimate of drug-likeness (QED) is 0.727. The largest absolute Gasteiger partial charge is 0.375 e. The van der Waals surface area contributed by atoms with E-state index in [1.165, 1.54) is 0 Å². The minimum absolute atomic E-state index is 0.0483. The van der Waals surface area contributed by atoms with Crippen molar-refractivity contribution < 1.29 is 9.53 Å². The van der Waals surface area contributed by atoms with Crippen LogP contribution >= 0.6 is 0 Å². The van der Waals surface area contributed by atoms with E-state index in [1.807, 2.05) is 0 Å². The molecule has 4 nitrogen and oxygen atoms in total. The van der Waals surface area contributed by atoms with Crippen molar-refractivity contribution in [3.05, 3.63) is 0 Å². The molecule has 1 aliphatic heterocycles. The van der Waals surface area contributed by atoms with E-state index in [-0.39, 0.29) is 17.6 Å². The number of ether oxygens (including phenoxy) is 1. The Kier molecular flexibility index (Phi) is 4.11. The van der Waals surface area contributed by atoms with Crippen LogP contribution in [0.4, 0.5) is 0 Å². The molecule has 88 valence electrons. The summed E-state index contributed by atoms with van der Waals surface area (Å²) in [5.41, 5.74) is 5.17. The van der Waals surface area contributed by atoms with E-state index in [4.69, 9.17) is 10.5 Å². The average Bonchev–Trinajstić information content (AvgIpc) is 2.18. The van der Waals surface area contributed by atoms with Gasteiger partial charge in [0.25, 0.3) is 0 Å². The Morgan fingerprint density at radius 2 is 2.40 bits per heavy atom. The maximum Gasteiger partial charge on any atom is 0.234 e. The third kappa shape index (κ3) is 3.47. The number of primary amides is 1. The molecule has 0 aromatic rings. The molecule has 0 aliphatic carbocycles. The first-order chi connectivity index (χ1) is 6.97. The molecule has 0 aromatic carbocycles. The van der Waals surface area contributed by atoms with Gasteiger partial charge in [0, 0.05) is 12.6 Å². The predicted molar refractivity (Wildman–Crippen MR) is 59.5 cm³/mol. The van der Waals surface area contributed by atoms with E-state index in [0.717, 1.165) is 25.9 Å². The molecule has 0 radical (unpaired) electrons. The zero-order valence-corrected chi connectivity index (χ0v) is 9.88. The van der Waals surface area contributed by atoms with E-state index >= 15 is 0 Å². The molecular weight excluding hydrogens is 192 g/mol. The number of carbonyl (C=O) groups excluding carboxylic acids is 1. The van der Waals surface area contributed by atoms with E-state index in [2.05, 4.69) is 19.2 Å². The second-order valence-corrected chi connectivity index (χ2v) is 4.63. The number of rotatable bonds is 4. The third-order valence-electron chi connectivity index (χ3n) is 3.26. The highest BCUT2D eigenvalue weighted by Crippen LogP contribution is 2.27. The van der Waals surface area contributed by atoms with Crippen LogP contribution in [-0.2, 0) is 9.53 Å². The minimum atomic E-state index is -0.292. The standard InChI is InChI=1S/C11H22N2O2/c1-4-11(3)7-9(5-6-15-11)13-8(2)10(12)14/h8-9,13H,4-7H2,1-3H3,(H2,12,14). The Morgan fingerprint density at radius 1 is 1.73 bits per heavy atom. The van der Waals surface area contributed by atoms with Gasteiger partial charge < -0.3 is 15.8 Å². The van der Waals surface area contributed by atoms with Crippen LogP contribution in [0.1, 0.15) is 40.0 Å². The highest BCUT2D eigenvalue weighted by Gasteiger charge is 2.32. The third-order valence-corrected chi connectivity index (χ3v) is 3.26. The fourth-order valence-electron chi connectivity index (χ4n) is 1.95. The van der Waals surface area contributed by atoms with E-state index in [0.29, 0.717) is 6.04 Å². The maximum atomic E-state index is 10.9. The lowest BCUT2D eigenvalue weighted by molar-refractivity contribution is -0.121. The molecule has 0 spiro atoms. The molecule has 0 saturated carbocycles. The number of nitrogens with one attached hydrogen (secondary N) is 1. The summed E-state index contributed by atoms with van der Waals surface area (Å²) in [6, 6.07) is 0.0837.